The number of halogens is 1. The molecule has 3 aromatic rings. The molecule has 0 aliphatic heterocycles. The van der Waals surface area contributed by atoms with Gasteiger partial charge in [-0.3, -0.25) is 0 Å². The number of carbonyl (C=O) groups is 2. The molecule has 0 bridgehead atoms. The monoisotopic (exact) mass is 454 g/mol. The molecular weight excluding hydrogens is 436 g/mol. The predicted octanol–water partition coefficient (Wildman–Crippen LogP) is 4.55. The topological polar surface area (TPSA) is 105 Å². The molecule has 148 valence electrons. The summed E-state index contributed by atoms with van der Waals surface area (Å²) in [4.78, 5) is 23.0. The minimum atomic E-state index is -1.02. The standard InChI is InChI=1S/C22H19BrN2O4/c23-19-16(11-14-7-3-1-4-8-14)13-18(28-21(24)26)20(29-22(25)27)17(19)12-15-9-5-2-6-10-15/h1-10,13H,11-12H2,(H2,24,26)(H2,25,27). The zero-order chi connectivity index (χ0) is 20.8. The van der Waals surface area contributed by atoms with Crippen LogP contribution in [0.25, 0.3) is 0 Å². The highest BCUT2D eigenvalue weighted by Crippen LogP contribution is 2.41. The summed E-state index contributed by atoms with van der Waals surface area (Å²) in [7, 11) is 0. The van der Waals surface area contributed by atoms with Crippen LogP contribution in [0.3, 0.4) is 0 Å². The Kier molecular flexibility index (Phi) is 6.51. The molecule has 0 atom stereocenters. The van der Waals surface area contributed by atoms with Crippen molar-refractivity contribution in [3.8, 4) is 11.5 Å². The van der Waals surface area contributed by atoms with Gasteiger partial charge < -0.3 is 20.9 Å². The second-order valence-electron chi connectivity index (χ2n) is 6.32. The number of primary amides is 2. The van der Waals surface area contributed by atoms with Gasteiger partial charge in [-0.05, 0) is 29.2 Å². The van der Waals surface area contributed by atoms with E-state index >= 15 is 0 Å². The van der Waals surface area contributed by atoms with Crippen molar-refractivity contribution >= 4 is 28.1 Å². The lowest BCUT2D eigenvalue weighted by Gasteiger charge is -2.18. The Hall–Kier alpha value is -3.32. The van der Waals surface area contributed by atoms with Crippen LogP contribution in [0.2, 0.25) is 0 Å². The van der Waals surface area contributed by atoms with Crippen LogP contribution in [0.5, 0.6) is 11.5 Å². The lowest BCUT2D eigenvalue weighted by atomic mass is 9.97. The zero-order valence-electron chi connectivity index (χ0n) is 15.4. The van der Waals surface area contributed by atoms with Gasteiger partial charge in [0.2, 0.25) is 0 Å². The maximum absolute atomic E-state index is 11.5. The molecule has 0 radical (unpaired) electrons. The SMILES string of the molecule is NC(=O)Oc1cc(Cc2ccccc2)c(Br)c(Cc2ccccc2)c1OC(N)=O. The highest BCUT2D eigenvalue weighted by molar-refractivity contribution is 9.10. The lowest BCUT2D eigenvalue weighted by molar-refractivity contribution is 0.200. The number of nitrogens with two attached hydrogens (primary N) is 2. The van der Waals surface area contributed by atoms with Crippen molar-refractivity contribution in [2.45, 2.75) is 12.8 Å². The van der Waals surface area contributed by atoms with E-state index < -0.39 is 12.2 Å². The van der Waals surface area contributed by atoms with Crippen molar-refractivity contribution in [1.29, 1.82) is 0 Å². The maximum Gasteiger partial charge on any atom is 0.410 e. The van der Waals surface area contributed by atoms with Crippen LogP contribution in [0, 0.1) is 0 Å². The quantitative estimate of drug-likeness (QED) is 0.569. The first kappa shape index (κ1) is 20.4. The van der Waals surface area contributed by atoms with Gasteiger partial charge >= 0.3 is 12.2 Å². The number of benzene rings is 3. The number of ether oxygens (including phenoxy) is 2. The van der Waals surface area contributed by atoms with E-state index in [9.17, 15) is 9.59 Å². The molecule has 4 N–H and O–H groups in total. The van der Waals surface area contributed by atoms with Gasteiger partial charge in [0, 0.05) is 16.5 Å². The average molecular weight is 455 g/mol. The molecule has 0 fully saturated rings. The van der Waals surface area contributed by atoms with E-state index in [1.165, 1.54) is 0 Å². The molecule has 0 aliphatic carbocycles. The van der Waals surface area contributed by atoms with Crippen molar-refractivity contribution in [3.05, 3.63) is 93.5 Å². The summed E-state index contributed by atoms with van der Waals surface area (Å²) < 4.78 is 11.1. The number of rotatable bonds is 6. The van der Waals surface area contributed by atoms with Gasteiger partial charge in [0.05, 0.1) is 0 Å². The zero-order valence-corrected chi connectivity index (χ0v) is 17.0. The third-order valence-corrected chi connectivity index (χ3v) is 5.21. The van der Waals surface area contributed by atoms with E-state index in [1.807, 2.05) is 60.7 Å². The average Bonchev–Trinajstić information content (AvgIpc) is 2.69. The van der Waals surface area contributed by atoms with Crippen molar-refractivity contribution in [1.82, 2.24) is 0 Å². The molecule has 3 rings (SSSR count). The van der Waals surface area contributed by atoms with E-state index in [0.717, 1.165) is 21.2 Å². The predicted molar refractivity (Wildman–Crippen MR) is 113 cm³/mol. The van der Waals surface area contributed by atoms with Crippen LogP contribution in [0.4, 0.5) is 9.59 Å². The van der Waals surface area contributed by atoms with Crippen molar-refractivity contribution in [2.75, 3.05) is 0 Å². The second-order valence-corrected chi connectivity index (χ2v) is 7.12. The van der Waals surface area contributed by atoms with E-state index in [0.29, 0.717) is 18.4 Å². The third-order valence-electron chi connectivity index (χ3n) is 4.22. The lowest BCUT2D eigenvalue weighted by Crippen LogP contribution is -2.21. The molecule has 0 heterocycles. The summed E-state index contributed by atoms with van der Waals surface area (Å²) in [6.45, 7) is 0. The molecule has 3 aromatic carbocycles. The molecule has 2 amide bonds. The largest absolute Gasteiger partial charge is 0.410 e. The first-order valence-corrected chi connectivity index (χ1v) is 9.60. The molecular formula is C22H19BrN2O4. The fourth-order valence-electron chi connectivity index (χ4n) is 3.03. The smallest absolute Gasteiger partial charge is 0.406 e. The second kappa shape index (κ2) is 9.25. The van der Waals surface area contributed by atoms with Gasteiger partial charge in [-0.2, -0.15) is 0 Å². The van der Waals surface area contributed by atoms with Crippen LogP contribution in [-0.4, -0.2) is 12.2 Å². The summed E-state index contributed by atoms with van der Waals surface area (Å²) in [5.41, 5.74) is 14.0. The molecule has 0 unspecified atom stereocenters. The highest BCUT2D eigenvalue weighted by Gasteiger charge is 2.22. The summed E-state index contributed by atoms with van der Waals surface area (Å²) in [5.74, 6) is 0.0974. The Bertz CT molecular complexity index is 1020. The summed E-state index contributed by atoms with van der Waals surface area (Å²) in [6.07, 6.45) is -1.05. The normalized spacial score (nSPS) is 10.4. The number of carbonyl (C=O) groups excluding carboxylic acids is 2. The van der Waals surface area contributed by atoms with Crippen molar-refractivity contribution in [3.63, 3.8) is 0 Å². The fourth-order valence-corrected chi connectivity index (χ4v) is 3.60. The van der Waals surface area contributed by atoms with E-state index in [4.69, 9.17) is 20.9 Å². The van der Waals surface area contributed by atoms with E-state index in [2.05, 4.69) is 15.9 Å². The maximum atomic E-state index is 11.5. The summed E-state index contributed by atoms with van der Waals surface area (Å²) >= 11 is 3.63. The Labute approximate surface area is 176 Å². The van der Waals surface area contributed by atoms with Gasteiger partial charge in [-0.15, -0.1) is 0 Å². The van der Waals surface area contributed by atoms with E-state index in [-0.39, 0.29) is 11.5 Å². The molecule has 0 spiro atoms. The number of hydrogen-bond acceptors (Lipinski definition) is 4. The van der Waals surface area contributed by atoms with Crippen LogP contribution in [0.15, 0.2) is 71.2 Å². The molecule has 7 heteroatoms. The third kappa shape index (κ3) is 5.36. The van der Waals surface area contributed by atoms with Gasteiger partial charge in [0.15, 0.2) is 11.5 Å². The minimum Gasteiger partial charge on any atom is -0.406 e. The Balaban J connectivity index is 2.15. The number of hydrogen-bond donors (Lipinski definition) is 2. The van der Waals surface area contributed by atoms with Gasteiger partial charge in [-0.25, -0.2) is 9.59 Å². The highest BCUT2D eigenvalue weighted by atomic mass is 79.9. The fraction of sp³-hybridized carbons (Fsp3) is 0.0909. The molecule has 0 aliphatic rings. The number of amides is 2. The van der Waals surface area contributed by atoms with Crippen LogP contribution in [0.1, 0.15) is 22.3 Å². The van der Waals surface area contributed by atoms with Gasteiger partial charge in [-0.1, -0.05) is 76.6 Å². The Morgan fingerprint density at radius 2 is 1.31 bits per heavy atom. The van der Waals surface area contributed by atoms with Crippen LogP contribution in [-0.2, 0) is 12.8 Å². The van der Waals surface area contributed by atoms with Crippen LogP contribution >= 0.6 is 15.9 Å². The minimum absolute atomic E-state index is 0.0383. The first-order chi connectivity index (χ1) is 13.9. The van der Waals surface area contributed by atoms with E-state index in [1.54, 1.807) is 6.07 Å². The molecule has 6 nitrogen and oxygen atoms in total. The summed E-state index contributed by atoms with van der Waals surface area (Å²) in [5, 5.41) is 0. The Morgan fingerprint density at radius 1 is 0.793 bits per heavy atom. The first-order valence-electron chi connectivity index (χ1n) is 8.80. The van der Waals surface area contributed by atoms with Crippen molar-refractivity contribution in [2.24, 2.45) is 11.5 Å². The van der Waals surface area contributed by atoms with Gasteiger partial charge in [0.1, 0.15) is 0 Å². The van der Waals surface area contributed by atoms with Gasteiger partial charge in [0.25, 0.3) is 0 Å². The summed E-state index contributed by atoms with van der Waals surface area (Å²) in [6, 6.07) is 21.0. The van der Waals surface area contributed by atoms with Crippen molar-refractivity contribution < 1.29 is 19.1 Å². The van der Waals surface area contributed by atoms with Crippen LogP contribution < -0.4 is 20.9 Å². The Morgan fingerprint density at radius 3 is 1.83 bits per heavy atom. The molecule has 29 heavy (non-hydrogen) atoms. The molecule has 0 saturated heterocycles. The molecule has 0 aromatic heterocycles. The molecule has 0 saturated carbocycles.